The van der Waals surface area contributed by atoms with Gasteiger partial charge in [0.15, 0.2) is 0 Å². The molecule has 0 bridgehead atoms. The molecule has 0 radical (unpaired) electrons. The Balaban J connectivity index is 3.83. The minimum atomic E-state index is -4.34. The molecule has 0 aromatic rings. The third-order valence-corrected chi connectivity index (χ3v) is 5.65. The Morgan fingerprint density at radius 1 is 0.909 bits per heavy atom. The minimum absolute atomic E-state index is 0.298. The van der Waals surface area contributed by atoms with Gasteiger partial charge in [0.25, 0.3) is 0 Å². The monoisotopic (exact) mass is 344 g/mol. The Bertz CT molecular complexity index is 443. The quantitative estimate of drug-likeness (QED) is 0.316. The highest BCUT2D eigenvalue weighted by Crippen LogP contribution is 2.29. The van der Waals surface area contributed by atoms with Crippen molar-refractivity contribution in [3.8, 4) is 0 Å². The average molecular weight is 344 g/mol. The second-order valence-electron chi connectivity index (χ2n) is 5.90. The van der Waals surface area contributed by atoms with E-state index >= 15 is 0 Å². The molecule has 0 aromatic carbocycles. The standard InChI is InChI=1S/C17H31O3PS/c1-15(2)8-5-9-16(3)10-6-11-17(4)12-7-13-22-14-21(18,19)20/h8,10,12H,5-7,9,11,13-14H2,1-4H3,(H2,18,19,20)/p-2/b16-10+,17-12+. The Morgan fingerprint density at radius 3 is 1.91 bits per heavy atom. The molecule has 128 valence electrons. The summed E-state index contributed by atoms with van der Waals surface area (Å²) in [6.07, 6.45) is 11.8. The van der Waals surface area contributed by atoms with Crippen LogP contribution in [0.25, 0.3) is 0 Å². The van der Waals surface area contributed by atoms with E-state index in [1.807, 2.05) is 0 Å². The van der Waals surface area contributed by atoms with E-state index < -0.39 is 7.60 Å². The largest absolute Gasteiger partial charge is 0.810 e. The van der Waals surface area contributed by atoms with Gasteiger partial charge in [-0.2, -0.15) is 11.8 Å². The summed E-state index contributed by atoms with van der Waals surface area (Å²) in [4.78, 5) is 20.9. The third-order valence-electron chi connectivity index (χ3n) is 3.13. The van der Waals surface area contributed by atoms with Crippen molar-refractivity contribution in [2.24, 2.45) is 0 Å². The lowest BCUT2D eigenvalue weighted by Gasteiger charge is -2.28. The van der Waals surface area contributed by atoms with Gasteiger partial charge in [-0.05, 0) is 65.6 Å². The van der Waals surface area contributed by atoms with Crippen LogP contribution in [0.5, 0.6) is 0 Å². The van der Waals surface area contributed by atoms with Crippen LogP contribution in [0.3, 0.4) is 0 Å². The zero-order valence-corrected chi connectivity index (χ0v) is 16.0. The van der Waals surface area contributed by atoms with E-state index in [4.69, 9.17) is 0 Å². The summed E-state index contributed by atoms with van der Waals surface area (Å²) < 4.78 is 10.5. The topological polar surface area (TPSA) is 63.2 Å². The Kier molecular flexibility index (Phi) is 12.0. The van der Waals surface area contributed by atoms with Gasteiger partial charge < -0.3 is 14.4 Å². The molecule has 0 aromatic heterocycles. The van der Waals surface area contributed by atoms with Crippen LogP contribution in [-0.4, -0.2) is 11.2 Å². The molecule has 3 nitrogen and oxygen atoms in total. The fourth-order valence-electron chi connectivity index (χ4n) is 1.90. The first-order valence-electron chi connectivity index (χ1n) is 7.74. The van der Waals surface area contributed by atoms with Gasteiger partial charge in [0.05, 0.1) is 0 Å². The maximum Gasteiger partial charge on any atom is 0.0211 e. The van der Waals surface area contributed by atoms with E-state index in [0.29, 0.717) is 5.75 Å². The number of allylic oxidation sites excluding steroid dienone is 6. The summed E-state index contributed by atoms with van der Waals surface area (Å²) in [6.45, 7) is 8.53. The third kappa shape index (κ3) is 16.1. The summed E-state index contributed by atoms with van der Waals surface area (Å²) in [7, 11) is -4.34. The molecule has 0 aliphatic carbocycles. The first kappa shape index (κ1) is 21.7. The normalized spacial score (nSPS) is 13.4. The molecular formula is C17H29O3PS-2. The van der Waals surface area contributed by atoms with E-state index in [1.165, 1.54) is 28.5 Å². The summed E-state index contributed by atoms with van der Waals surface area (Å²) in [5, 5.41) is 0. The lowest BCUT2D eigenvalue weighted by Crippen LogP contribution is -2.15. The molecular weight excluding hydrogens is 315 g/mol. The molecule has 0 saturated carbocycles. The first-order valence-corrected chi connectivity index (χ1v) is 10.6. The van der Waals surface area contributed by atoms with Crippen molar-refractivity contribution < 1.29 is 14.4 Å². The molecule has 0 heterocycles. The minimum Gasteiger partial charge on any atom is -0.810 e. The summed E-state index contributed by atoms with van der Waals surface area (Å²) in [5.41, 5.74) is 3.83. The summed E-state index contributed by atoms with van der Waals surface area (Å²) in [6, 6.07) is 0. The highest BCUT2D eigenvalue weighted by atomic mass is 32.2. The molecule has 0 amide bonds. The van der Waals surface area contributed by atoms with Crippen molar-refractivity contribution in [2.75, 3.05) is 11.2 Å². The molecule has 0 fully saturated rings. The van der Waals surface area contributed by atoms with Gasteiger partial charge in [0.2, 0.25) is 0 Å². The first-order chi connectivity index (χ1) is 10.2. The van der Waals surface area contributed by atoms with E-state index in [1.54, 1.807) is 0 Å². The maximum atomic E-state index is 10.5. The van der Waals surface area contributed by atoms with Gasteiger partial charge in [0.1, 0.15) is 0 Å². The second-order valence-corrected chi connectivity index (χ2v) is 8.97. The van der Waals surface area contributed by atoms with Crippen molar-refractivity contribution in [1.82, 2.24) is 0 Å². The van der Waals surface area contributed by atoms with Crippen molar-refractivity contribution in [3.63, 3.8) is 0 Å². The Hall–Kier alpha value is -0.280. The molecule has 0 unspecified atom stereocenters. The molecule has 0 N–H and O–H groups in total. The van der Waals surface area contributed by atoms with Crippen LogP contribution in [0.2, 0.25) is 0 Å². The Morgan fingerprint density at radius 2 is 1.41 bits per heavy atom. The predicted molar refractivity (Wildman–Crippen MR) is 95.0 cm³/mol. The van der Waals surface area contributed by atoms with Crippen LogP contribution in [0.1, 0.15) is 59.8 Å². The van der Waals surface area contributed by atoms with Crippen LogP contribution < -0.4 is 9.79 Å². The van der Waals surface area contributed by atoms with Gasteiger partial charge in [-0.25, -0.2) is 0 Å². The highest BCUT2D eigenvalue weighted by Gasteiger charge is 1.94. The lowest BCUT2D eigenvalue weighted by molar-refractivity contribution is -0.311. The zero-order valence-electron chi connectivity index (χ0n) is 14.3. The molecule has 0 saturated heterocycles. The fourth-order valence-corrected chi connectivity index (χ4v) is 3.60. The van der Waals surface area contributed by atoms with E-state index in [9.17, 15) is 14.4 Å². The summed E-state index contributed by atoms with van der Waals surface area (Å²) in [5.74, 6) is 0.684. The average Bonchev–Trinajstić information content (AvgIpc) is 2.36. The van der Waals surface area contributed by atoms with E-state index in [0.717, 1.165) is 32.1 Å². The Labute approximate surface area is 140 Å². The van der Waals surface area contributed by atoms with Crippen LogP contribution >= 0.6 is 19.4 Å². The number of rotatable bonds is 11. The number of thioether (sulfide) groups is 1. The van der Waals surface area contributed by atoms with Crippen LogP contribution in [0, 0.1) is 0 Å². The van der Waals surface area contributed by atoms with Crippen molar-refractivity contribution >= 4 is 19.4 Å². The second kappa shape index (κ2) is 12.2. The van der Waals surface area contributed by atoms with Crippen molar-refractivity contribution in [1.29, 1.82) is 0 Å². The number of hydrogen-bond acceptors (Lipinski definition) is 4. The molecule has 0 aliphatic heterocycles. The van der Waals surface area contributed by atoms with Crippen LogP contribution in [0.4, 0.5) is 0 Å². The van der Waals surface area contributed by atoms with Crippen molar-refractivity contribution in [3.05, 3.63) is 34.9 Å². The van der Waals surface area contributed by atoms with Crippen LogP contribution in [-0.2, 0) is 4.57 Å². The molecule has 0 rings (SSSR count). The molecule has 0 aliphatic rings. The van der Waals surface area contributed by atoms with Gasteiger partial charge in [-0.1, -0.05) is 42.5 Å². The number of hydrogen-bond donors (Lipinski definition) is 0. The van der Waals surface area contributed by atoms with Gasteiger partial charge in [-0.15, -0.1) is 0 Å². The van der Waals surface area contributed by atoms with Crippen LogP contribution in [0.15, 0.2) is 34.9 Å². The SMILES string of the molecule is CC(C)=CCC/C(C)=C/CC/C(C)=C/CCSCP(=O)([O-])[O-]. The van der Waals surface area contributed by atoms with E-state index in [2.05, 4.69) is 45.9 Å². The zero-order chi connectivity index (χ0) is 17.0. The fraction of sp³-hybridized carbons (Fsp3) is 0.647. The maximum absolute atomic E-state index is 10.5. The lowest BCUT2D eigenvalue weighted by atomic mass is 10.1. The van der Waals surface area contributed by atoms with E-state index in [-0.39, 0.29) is 5.49 Å². The molecule has 0 spiro atoms. The predicted octanol–water partition coefficient (Wildman–Crippen LogP) is 4.40. The highest BCUT2D eigenvalue weighted by molar-refractivity contribution is 8.04. The summed E-state index contributed by atoms with van der Waals surface area (Å²) >= 11 is 1.19. The van der Waals surface area contributed by atoms with Gasteiger partial charge >= 0.3 is 0 Å². The van der Waals surface area contributed by atoms with Crippen molar-refractivity contribution in [2.45, 2.75) is 59.8 Å². The van der Waals surface area contributed by atoms with Gasteiger partial charge in [-0.3, -0.25) is 0 Å². The molecule has 0 atom stereocenters. The molecule has 22 heavy (non-hydrogen) atoms. The molecule has 5 heteroatoms. The smallest absolute Gasteiger partial charge is 0.0211 e. The van der Waals surface area contributed by atoms with Gasteiger partial charge in [0, 0.05) is 5.49 Å².